The molecule has 0 bridgehead atoms. The lowest BCUT2D eigenvalue weighted by Crippen LogP contribution is -2.49. The van der Waals surface area contributed by atoms with Gasteiger partial charge in [-0.2, -0.15) is 10.5 Å². The molecule has 2 atom stereocenters. The second-order valence-electron chi connectivity index (χ2n) is 5.31. The van der Waals surface area contributed by atoms with Gasteiger partial charge in [0.25, 0.3) is 5.91 Å². The molecule has 1 heterocycles. The Morgan fingerprint density at radius 3 is 2.56 bits per heavy atom. The van der Waals surface area contributed by atoms with Crippen LogP contribution in [-0.4, -0.2) is 43.5 Å². The molecule has 1 amide bonds. The van der Waals surface area contributed by atoms with Crippen LogP contribution in [0.2, 0.25) is 0 Å². The fraction of sp³-hybridized carbons (Fsp3) is 0.353. The van der Waals surface area contributed by atoms with E-state index in [1.54, 1.807) is 13.0 Å². The lowest BCUT2D eigenvalue weighted by atomic mass is 9.79. The number of hydrogen-bond acceptors (Lipinski definition) is 7. The van der Waals surface area contributed by atoms with E-state index in [9.17, 15) is 24.9 Å². The first kappa shape index (κ1) is 18.0. The normalized spacial score (nSPS) is 19.4. The average molecular weight is 341 g/mol. The molecule has 128 valence electrons. The Labute approximate surface area is 144 Å². The highest BCUT2D eigenvalue weighted by molar-refractivity contribution is 6.03. The third-order valence-corrected chi connectivity index (χ3v) is 4.16. The molecular formula is C17H15N3O5. The summed E-state index contributed by atoms with van der Waals surface area (Å²) in [7, 11) is 2.52. The topological polar surface area (TPSA) is 120 Å². The second kappa shape index (κ2) is 6.62. The van der Waals surface area contributed by atoms with Crippen LogP contribution in [0.4, 0.5) is 0 Å². The van der Waals surface area contributed by atoms with Gasteiger partial charge >= 0.3 is 11.9 Å². The quantitative estimate of drug-likeness (QED) is 0.748. The van der Waals surface area contributed by atoms with Crippen LogP contribution in [0, 0.1) is 28.6 Å². The summed E-state index contributed by atoms with van der Waals surface area (Å²) in [5.41, 5.74) is -1.55. The predicted molar refractivity (Wildman–Crippen MR) is 82.9 cm³/mol. The standard InChI is InChI=1S/C17H15N3O5/c1-4-25-16(23)13(8-18)17(9-19)12-7-10(15(22)24-3)5-6-11(12)14(21)20(17)2/h5-7,13H,4H2,1-3H3. The number of fused-ring (bicyclic) bond motifs is 1. The van der Waals surface area contributed by atoms with E-state index in [1.165, 1.54) is 32.4 Å². The number of esters is 2. The largest absolute Gasteiger partial charge is 0.465 e. The van der Waals surface area contributed by atoms with E-state index >= 15 is 0 Å². The van der Waals surface area contributed by atoms with Gasteiger partial charge in [0.05, 0.1) is 31.4 Å². The third kappa shape index (κ3) is 2.48. The van der Waals surface area contributed by atoms with Crippen molar-refractivity contribution in [2.24, 2.45) is 5.92 Å². The molecule has 8 heteroatoms. The van der Waals surface area contributed by atoms with Gasteiger partial charge in [-0.25, -0.2) is 4.79 Å². The second-order valence-corrected chi connectivity index (χ2v) is 5.31. The number of amides is 1. The van der Waals surface area contributed by atoms with Gasteiger partial charge in [0.1, 0.15) is 0 Å². The first-order valence-electron chi connectivity index (χ1n) is 7.37. The highest BCUT2D eigenvalue weighted by Crippen LogP contribution is 2.44. The summed E-state index contributed by atoms with van der Waals surface area (Å²) in [6, 6.07) is 7.75. The Hall–Kier alpha value is -3.39. The molecule has 2 rings (SSSR count). The molecule has 2 unspecified atom stereocenters. The van der Waals surface area contributed by atoms with Gasteiger partial charge in [-0.05, 0) is 25.1 Å². The molecular weight excluding hydrogens is 326 g/mol. The maximum absolute atomic E-state index is 12.5. The molecule has 0 fully saturated rings. The van der Waals surface area contributed by atoms with Crippen molar-refractivity contribution in [3.63, 3.8) is 0 Å². The number of hydrogen-bond donors (Lipinski definition) is 0. The van der Waals surface area contributed by atoms with Gasteiger partial charge < -0.3 is 14.4 Å². The number of nitriles is 2. The molecule has 1 aromatic carbocycles. The molecule has 0 aromatic heterocycles. The van der Waals surface area contributed by atoms with Crippen LogP contribution in [0.15, 0.2) is 18.2 Å². The smallest absolute Gasteiger partial charge is 0.337 e. The lowest BCUT2D eigenvalue weighted by Gasteiger charge is -2.32. The van der Waals surface area contributed by atoms with E-state index in [2.05, 4.69) is 4.74 Å². The summed E-state index contributed by atoms with van der Waals surface area (Å²) in [4.78, 5) is 37.6. The number of carbonyl (C=O) groups is 3. The van der Waals surface area contributed by atoms with Gasteiger partial charge in [-0.15, -0.1) is 0 Å². The molecule has 25 heavy (non-hydrogen) atoms. The van der Waals surface area contributed by atoms with Crippen LogP contribution < -0.4 is 0 Å². The van der Waals surface area contributed by atoms with Crippen molar-refractivity contribution in [2.75, 3.05) is 20.8 Å². The van der Waals surface area contributed by atoms with Gasteiger partial charge in [0.15, 0.2) is 11.5 Å². The monoisotopic (exact) mass is 341 g/mol. The molecule has 0 radical (unpaired) electrons. The van der Waals surface area contributed by atoms with Gasteiger partial charge in [-0.1, -0.05) is 0 Å². The molecule has 0 aliphatic carbocycles. The van der Waals surface area contributed by atoms with Crippen LogP contribution in [-0.2, 0) is 19.8 Å². The number of benzene rings is 1. The minimum absolute atomic E-state index is 0.0191. The zero-order chi connectivity index (χ0) is 18.8. The number of methoxy groups -OCH3 is 1. The van der Waals surface area contributed by atoms with E-state index in [4.69, 9.17) is 4.74 Å². The summed E-state index contributed by atoms with van der Waals surface area (Å²) >= 11 is 0. The Morgan fingerprint density at radius 2 is 2.04 bits per heavy atom. The molecule has 0 saturated carbocycles. The molecule has 0 N–H and O–H groups in total. The van der Waals surface area contributed by atoms with Crippen molar-refractivity contribution in [2.45, 2.75) is 12.5 Å². The lowest BCUT2D eigenvalue weighted by molar-refractivity contribution is -0.149. The molecule has 1 aliphatic rings. The highest BCUT2D eigenvalue weighted by Gasteiger charge is 2.57. The van der Waals surface area contributed by atoms with Crippen LogP contribution in [0.5, 0.6) is 0 Å². The SMILES string of the molecule is CCOC(=O)C(C#N)C1(C#N)c2cc(C(=O)OC)ccc2C(=O)N1C. The number of ether oxygens (including phenoxy) is 2. The van der Waals surface area contributed by atoms with E-state index in [1.807, 2.05) is 6.07 Å². The Morgan fingerprint density at radius 1 is 1.36 bits per heavy atom. The Bertz CT molecular complexity index is 836. The van der Waals surface area contributed by atoms with Crippen molar-refractivity contribution in [1.29, 1.82) is 10.5 Å². The summed E-state index contributed by atoms with van der Waals surface area (Å²) in [6.45, 7) is 1.59. The zero-order valence-electron chi connectivity index (χ0n) is 13.9. The average Bonchev–Trinajstić information content (AvgIpc) is 2.84. The summed E-state index contributed by atoms with van der Waals surface area (Å²) in [6.07, 6.45) is 0. The summed E-state index contributed by atoms with van der Waals surface area (Å²) in [5, 5.41) is 19.3. The van der Waals surface area contributed by atoms with Crippen molar-refractivity contribution in [3.05, 3.63) is 34.9 Å². The van der Waals surface area contributed by atoms with Crippen molar-refractivity contribution in [1.82, 2.24) is 4.90 Å². The molecule has 8 nitrogen and oxygen atoms in total. The number of carbonyl (C=O) groups excluding carboxylic acids is 3. The van der Waals surface area contributed by atoms with Crippen molar-refractivity contribution in [3.8, 4) is 12.1 Å². The highest BCUT2D eigenvalue weighted by atomic mass is 16.5. The molecule has 1 aromatic rings. The number of nitrogens with zero attached hydrogens (tertiary/aromatic N) is 3. The fourth-order valence-corrected chi connectivity index (χ4v) is 2.90. The van der Waals surface area contributed by atoms with Gasteiger partial charge in [0, 0.05) is 18.2 Å². The molecule has 0 saturated heterocycles. The minimum atomic E-state index is -1.89. The van der Waals surface area contributed by atoms with Crippen molar-refractivity contribution < 1.29 is 23.9 Å². The third-order valence-electron chi connectivity index (χ3n) is 4.16. The summed E-state index contributed by atoms with van der Waals surface area (Å²) in [5.74, 6) is -3.68. The Balaban J connectivity index is 2.74. The maximum atomic E-state index is 12.5. The van der Waals surface area contributed by atoms with Crippen LogP contribution >= 0.6 is 0 Å². The van der Waals surface area contributed by atoms with E-state index < -0.39 is 29.3 Å². The zero-order valence-corrected chi connectivity index (χ0v) is 13.9. The number of rotatable bonds is 4. The summed E-state index contributed by atoms with van der Waals surface area (Å²) < 4.78 is 9.54. The first-order chi connectivity index (χ1) is 11.9. The van der Waals surface area contributed by atoms with Crippen molar-refractivity contribution >= 4 is 17.8 Å². The van der Waals surface area contributed by atoms with E-state index in [0.29, 0.717) is 0 Å². The maximum Gasteiger partial charge on any atom is 0.337 e. The van der Waals surface area contributed by atoms with Crippen LogP contribution in [0.1, 0.15) is 33.2 Å². The first-order valence-corrected chi connectivity index (χ1v) is 7.37. The molecule has 0 spiro atoms. The minimum Gasteiger partial charge on any atom is -0.465 e. The predicted octanol–water partition coefficient (Wildman–Crippen LogP) is 0.981. The van der Waals surface area contributed by atoms with Gasteiger partial charge in [0.2, 0.25) is 0 Å². The Kier molecular flexibility index (Phi) is 4.75. The fourth-order valence-electron chi connectivity index (χ4n) is 2.90. The van der Waals surface area contributed by atoms with E-state index in [0.717, 1.165) is 4.90 Å². The van der Waals surface area contributed by atoms with E-state index in [-0.39, 0.29) is 23.3 Å². The van der Waals surface area contributed by atoms with Crippen LogP contribution in [0.25, 0.3) is 0 Å². The molecule has 1 aliphatic heterocycles. The van der Waals surface area contributed by atoms with Gasteiger partial charge in [-0.3, -0.25) is 9.59 Å². The van der Waals surface area contributed by atoms with Crippen LogP contribution in [0.3, 0.4) is 0 Å².